The number of aliphatic hydroxyl groups excluding tert-OH is 2. The summed E-state index contributed by atoms with van der Waals surface area (Å²) in [5.74, 6) is -2.33. The zero-order valence-electron chi connectivity index (χ0n) is 19.4. The summed E-state index contributed by atoms with van der Waals surface area (Å²) in [4.78, 5) is 32.2. The molecule has 0 rings (SSSR count). The van der Waals surface area contributed by atoms with E-state index in [-0.39, 0.29) is 44.5 Å². The number of aliphatic carboxylic acids is 2. The van der Waals surface area contributed by atoms with Crippen LogP contribution in [0.5, 0.6) is 0 Å². The Kier molecular flexibility index (Phi) is 23.4. The number of carbonyl (C=O) groups excluding carboxylic acids is 1. The van der Waals surface area contributed by atoms with E-state index >= 15 is 0 Å². The number of carbonyl (C=O) groups is 3. The first-order chi connectivity index (χ1) is 14.8. The Balaban J connectivity index is 0. The van der Waals surface area contributed by atoms with Gasteiger partial charge in [0, 0.05) is 18.8 Å². The first-order valence-corrected chi connectivity index (χ1v) is 11.6. The van der Waals surface area contributed by atoms with Crippen LogP contribution in [-0.4, -0.2) is 58.2 Å². The second kappa shape index (κ2) is 23.0. The molecule has 0 radical (unpaired) electrons. The summed E-state index contributed by atoms with van der Waals surface area (Å²) < 4.78 is 4.84. The molecule has 0 heterocycles. The van der Waals surface area contributed by atoms with Gasteiger partial charge in [0.15, 0.2) is 0 Å². The molecule has 31 heavy (non-hydrogen) atoms. The van der Waals surface area contributed by atoms with Gasteiger partial charge in [-0.05, 0) is 25.7 Å². The molecule has 184 valence electrons. The van der Waals surface area contributed by atoms with Gasteiger partial charge in [0.25, 0.3) is 0 Å². The first kappa shape index (κ1) is 31.5. The summed E-state index contributed by atoms with van der Waals surface area (Å²) in [5, 5.41) is 34.8. The fourth-order valence-corrected chi connectivity index (χ4v) is 2.83. The first-order valence-electron chi connectivity index (χ1n) is 11.6. The van der Waals surface area contributed by atoms with E-state index in [0.717, 1.165) is 32.1 Å². The minimum absolute atomic E-state index is 0.0148. The molecule has 0 spiro atoms. The Labute approximate surface area is 187 Å². The number of hydrogen-bond acceptors (Lipinski definition) is 6. The fraction of sp³-hybridized carbons (Fsp3) is 0.870. The zero-order valence-corrected chi connectivity index (χ0v) is 19.4. The van der Waals surface area contributed by atoms with Gasteiger partial charge >= 0.3 is 17.9 Å². The quantitative estimate of drug-likeness (QED) is 0.171. The molecular weight excluding hydrogens is 404 g/mol. The molecule has 0 aromatic heterocycles. The molecule has 1 unspecified atom stereocenters. The fourth-order valence-electron chi connectivity index (χ4n) is 2.83. The topological polar surface area (TPSA) is 141 Å². The van der Waals surface area contributed by atoms with Crippen LogP contribution < -0.4 is 0 Å². The SMILES string of the molecule is CCCCCCC(CCCC)C(=O)O.O=C(O)CCCCCC(=O)OCC(CO)CO. The Morgan fingerprint density at radius 2 is 1.29 bits per heavy atom. The van der Waals surface area contributed by atoms with Gasteiger partial charge in [0.1, 0.15) is 0 Å². The van der Waals surface area contributed by atoms with Crippen molar-refractivity contribution in [3.8, 4) is 0 Å². The maximum atomic E-state index is 11.2. The molecule has 8 nitrogen and oxygen atoms in total. The molecule has 0 aromatic rings. The van der Waals surface area contributed by atoms with Crippen molar-refractivity contribution in [1.82, 2.24) is 0 Å². The molecule has 0 aliphatic rings. The van der Waals surface area contributed by atoms with E-state index in [1.54, 1.807) is 0 Å². The van der Waals surface area contributed by atoms with Crippen molar-refractivity contribution < 1.29 is 39.5 Å². The Hall–Kier alpha value is -1.67. The second-order valence-corrected chi connectivity index (χ2v) is 7.90. The Bertz CT molecular complexity index is 449. The molecule has 0 saturated heterocycles. The third-order valence-corrected chi connectivity index (χ3v) is 4.93. The van der Waals surface area contributed by atoms with Crippen molar-refractivity contribution in [2.75, 3.05) is 19.8 Å². The number of hydrogen-bond donors (Lipinski definition) is 4. The van der Waals surface area contributed by atoms with Crippen LogP contribution in [0.15, 0.2) is 0 Å². The molecule has 0 saturated carbocycles. The predicted octanol–water partition coefficient (Wildman–Crippen LogP) is 4.01. The van der Waals surface area contributed by atoms with E-state index in [1.807, 2.05) is 0 Å². The minimum atomic E-state index is -0.832. The number of aliphatic hydroxyl groups is 2. The van der Waals surface area contributed by atoms with Gasteiger partial charge in [0.05, 0.1) is 25.7 Å². The van der Waals surface area contributed by atoms with Crippen molar-refractivity contribution in [1.29, 1.82) is 0 Å². The lowest BCUT2D eigenvalue weighted by atomic mass is 9.95. The number of ether oxygens (including phenoxy) is 1. The second-order valence-electron chi connectivity index (χ2n) is 7.90. The van der Waals surface area contributed by atoms with Gasteiger partial charge in [-0.1, -0.05) is 58.8 Å². The van der Waals surface area contributed by atoms with E-state index in [4.69, 9.17) is 25.2 Å². The molecule has 0 aliphatic heterocycles. The maximum Gasteiger partial charge on any atom is 0.306 e. The number of carboxylic acids is 2. The third-order valence-electron chi connectivity index (χ3n) is 4.93. The van der Waals surface area contributed by atoms with E-state index in [9.17, 15) is 14.4 Å². The third kappa shape index (κ3) is 22.8. The lowest BCUT2D eigenvalue weighted by molar-refractivity contribution is -0.146. The van der Waals surface area contributed by atoms with Gasteiger partial charge in [-0.15, -0.1) is 0 Å². The van der Waals surface area contributed by atoms with Crippen molar-refractivity contribution in [2.24, 2.45) is 11.8 Å². The number of unbranched alkanes of at least 4 members (excludes halogenated alkanes) is 6. The van der Waals surface area contributed by atoms with Crippen molar-refractivity contribution in [2.45, 2.75) is 97.3 Å². The summed E-state index contributed by atoms with van der Waals surface area (Å²) in [6.07, 6.45) is 10.8. The summed E-state index contributed by atoms with van der Waals surface area (Å²) in [6.45, 7) is 3.85. The average molecular weight is 449 g/mol. The lowest BCUT2D eigenvalue weighted by Crippen LogP contribution is -2.20. The van der Waals surface area contributed by atoms with Gasteiger partial charge in [-0.3, -0.25) is 14.4 Å². The maximum absolute atomic E-state index is 11.2. The molecule has 8 heteroatoms. The van der Waals surface area contributed by atoms with Gasteiger partial charge < -0.3 is 25.2 Å². The van der Waals surface area contributed by atoms with Crippen molar-refractivity contribution >= 4 is 17.9 Å². The van der Waals surface area contributed by atoms with E-state index in [0.29, 0.717) is 19.3 Å². The highest BCUT2D eigenvalue weighted by molar-refractivity contribution is 5.70. The van der Waals surface area contributed by atoms with E-state index < -0.39 is 17.9 Å². The van der Waals surface area contributed by atoms with Crippen LogP contribution in [0, 0.1) is 11.8 Å². The van der Waals surface area contributed by atoms with Gasteiger partial charge in [-0.2, -0.15) is 0 Å². The smallest absolute Gasteiger partial charge is 0.306 e. The average Bonchev–Trinajstić information content (AvgIpc) is 2.73. The van der Waals surface area contributed by atoms with Crippen molar-refractivity contribution in [3.63, 3.8) is 0 Å². The van der Waals surface area contributed by atoms with E-state index in [1.165, 1.54) is 19.3 Å². The highest BCUT2D eigenvalue weighted by Gasteiger charge is 2.15. The number of carboxylic acid groups (broad SMARTS) is 2. The van der Waals surface area contributed by atoms with Crippen LogP contribution in [0.1, 0.15) is 97.3 Å². The Morgan fingerprint density at radius 3 is 1.81 bits per heavy atom. The van der Waals surface area contributed by atoms with Gasteiger partial charge in [0.2, 0.25) is 0 Å². The molecule has 1 atom stereocenters. The summed E-state index contributed by atoms with van der Waals surface area (Å²) in [5.41, 5.74) is 0. The molecular formula is C23H44O8. The largest absolute Gasteiger partial charge is 0.481 e. The Morgan fingerprint density at radius 1 is 0.742 bits per heavy atom. The normalized spacial score (nSPS) is 11.5. The number of rotatable bonds is 19. The van der Waals surface area contributed by atoms with Gasteiger partial charge in [-0.25, -0.2) is 0 Å². The highest BCUT2D eigenvalue weighted by atomic mass is 16.5. The van der Waals surface area contributed by atoms with Crippen LogP contribution >= 0.6 is 0 Å². The van der Waals surface area contributed by atoms with Crippen LogP contribution in [-0.2, 0) is 19.1 Å². The van der Waals surface area contributed by atoms with Crippen molar-refractivity contribution in [3.05, 3.63) is 0 Å². The van der Waals surface area contributed by atoms with E-state index in [2.05, 4.69) is 13.8 Å². The summed E-state index contributed by atoms with van der Waals surface area (Å²) in [7, 11) is 0. The monoisotopic (exact) mass is 448 g/mol. The standard InChI is InChI=1S/C12H24O2.C11H20O6/c1-3-5-7-8-10-11(12(13)14)9-6-4-2;12-6-9(7-13)8-17-11(16)5-3-1-2-4-10(14)15/h11H,3-10H2,1-2H3,(H,13,14);9,12-13H,1-8H2,(H,14,15). The summed E-state index contributed by atoms with van der Waals surface area (Å²) in [6, 6.07) is 0. The molecule has 0 fully saturated rings. The lowest BCUT2D eigenvalue weighted by Gasteiger charge is -2.11. The predicted molar refractivity (Wildman–Crippen MR) is 119 cm³/mol. The van der Waals surface area contributed by atoms with Crippen LogP contribution in [0.2, 0.25) is 0 Å². The van der Waals surface area contributed by atoms with Crippen LogP contribution in [0.4, 0.5) is 0 Å². The van der Waals surface area contributed by atoms with Crippen LogP contribution in [0.25, 0.3) is 0 Å². The molecule has 0 amide bonds. The van der Waals surface area contributed by atoms with Crippen LogP contribution in [0.3, 0.4) is 0 Å². The molecule has 4 N–H and O–H groups in total. The minimum Gasteiger partial charge on any atom is -0.481 e. The molecule has 0 bridgehead atoms. The molecule has 0 aromatic carbocycles. The zero-order chi connectivity index (χ0) is 23.9. The molecule has 0 aliphatic carbocycles. The summed E-state index contributed by atoms with van der Waals surface area (Å²) >= 11 is 0. The number of esters is 1. The highest BCUT2D eigenvalue weighted by Crippen LogP contribution is 2.17.